The fourth-order valence-electron chi connectivity index (χ4n) is 3.94. The maximum Gasteiger partial charge on any atom is 0.243 e. The second-order valence-corrected chi connectivity index (χ2v) is 9.44. The molecule has 0 aliphatic carbocycles. The molecule has 3 aromatic carbocycles. The van der Waals surface area contributed by atoms with Crippen molar-refractivity contribution in [3.8, 4) is 0 Å². The van der Waals surface area contributed by atoms with Gasteiger partial charge in [-0.2, -0.15) is 0 Å². The summed E-state index contributed by atoms with van der Waals surface area (Å²) in [7, 11) is 0. The number of aryl methyl sites for hydroxylation is 2. The minimum absolute atomic E-state index is 0.0337. The molecule has 3 rings (SSSR count). The van der Waals surface area contributed by atoms with Crippen molar-refractivity contribution in [2.75, 3.05) is 6.54 Å². The molecule has 2 amide bonds. The zero-order valence-electron chi connectivity index (χ0n) is 20.8. The first-order chi connectivity index (χ1) is 16.8. The summed E-state index contributed by atoms with van der Waals surface area (Å²) in [6.45, 7) is 6.61. The van der Waals surface area contributed by atoms with Crippen molar-refractivity contribution >= 4 is 11.8 Å². The lowest BCUT2D eigenvalue weighted by Gasteiger charge is -2.32. The summed E-state index contributed by atoms with van der Waals surface area (Å²) in [5.74, 6) is -0.504. The number of rotatable bonds is 11. The normalized spacial score (nSPS) is 11.8. The zero-order valence-corrected chi connectivity index (χ0v) is 20.8. The van der Waals surface area contributed by atoms with Crippen molar-refractivity contribution in [2.45, 2.75) is 52.6 Å². The van der Waals surface area contributed by atoms with Crippen LogP contribution in [0.25, 0.3) is 0 Å². The Morgan fingerprint density at radius 2 is 1.54 bits per heavy atom. The fourth-order valence-corrected chi connectivity index (χ4v) is 3.94. The van der Waals surface area contributed by atoms with Gasteiger partial charge in [-0.15, -0.1) is 0 Å². The molecule has 0 aliphatic heterocycles. The lowest BCUT2D eigenvalue weighted by molar-refractivity contribution is -0.141. The molecule has 1 unspecified atom stereocenters. The molecular formula is C30H35FN2O2. The summed E-state index contributed by atoms with van der Waals surface area (Å²) in [6, 6.07) is 23.4. The molecule has 4 nitrogen and oxygen atoms in total. The van der Waals surface area contributed by atoms with Gasteiger partial charge in [-0.3, -0.25) is 9.59 Å². The second kappa shape index (κ2) is 12.8. The van der Waals surface area contributed by atoms with Gasteiger partial charge >= 0.3 is 0 Å². The Morgan fingerprint density at radius 3 is 2.20 bits per heavy atom. The third-order valence-electron chi connectivity index (χ3n) is 6.00. The van der Waals surface area contributed by atoms with Gasteiger partial charge in [0.25, 0.3) is 0 Å². The second-order valence-electron chi connectivity index (χ2n) is 9.44. The van der Waals surface area contributed by atoms with Crippen molar-refractivity contribution in [2.24, 2.45) is 5.92 Å². The van der Waals surface area contributed by atoms with E-state index in [1.54, 1.807) is 23.1 Å². The minimum Gasteiger partial charge on any atom is -0.354 e. The summed E-state index contributed by atoms with van der Waals surface area (Å²) in [5.41, 5.74) is 3.55. The predicted molar refractivity (Wildman–Crippen MR) is 138 cm³/mol. The molecule has 0 bridgehead atoms. The van der Waals surface area contributed by atoms with E-state index in [-0.39, 0.29) is 36.5 Å². The number of amides is 2. The van der Waals surface area contributed by atoms with Crippen LogP contribution in [-0.4, -0.2) is 29.3 Å². The number of carbonyl (C=O) groups excluding carboxylic acids is 2. The van der Waals surface area contributed by atoms with E-state index in [0.29, 0.717) is 24.9 Å². The van der Waals surface area contributed by atoms with Gasteiger partial charge in [-0.25, -0.2) is 4.39 Å². The third-order valence-corrected chi connectivity index (χ3v) is 6.00. The Hall–Kier alpha value is -3.47. The molecular weight excluding hydrogens is 439 g/mol. The van der Waals surface area contributed by atoms with Gasteiger partial charge in [0.15, 0.2) is 0 Å². The monoisotopic (exact) mass is 474 g/mol. The number of hydrogen-bond acceptors (Lipinski definition) is 2. The molecule has 0 saturated heterocycles. The Bertz CT molecular complexity index is 1100. The lowest BCUT2D eigenvalue weighted by Crippen LogP contribution is -2.51. The quantitative estimate of drug-likeness (QED) is 0.400. The average Bonchev–Trinajstić information content (AvgIpc) is 2.85. The molecule has 5 heteroatoms. The van der Waals surface area contributed by atoms with Crippen LogP contribution in [0.4, 0.5) is 4.39 Å². The molecule has 0 spiro atoms. The van der Waals surface area contributed by atoms with Gasteiger partial charge in [0, 0.05) is 31.5 Å². The van der Waals surface area contributed by atoms with Crippen LogP contribution in [0.5, 0.6) is 0 Å². The summed E-state index contributed by atoms with van der Waals surface area (Å²) in [4.78, 5) is 28.5. The van der Waals surface area contributed by atoms with Gasteiger partial charge < -0.3 is 10.2 Å². The predicted octanol–water partition coefficient (Wildman–Crippen LogP) is 5.48. The fraction of sp³-hybridized carbons (Fsp3) is 0.333. The van der Waals surface area contributed by atoms with E-state index in [9.17, 15) is 14.0 Å². The molecule has 0 aliphatic rings. The van der Waals surface area contributed by atoms with Crippen LogP contribution in [0.1, 0.15) is 42.5 Å². The Kier molecular flexibility index (Phi) is 9.59. The van der Waals surface area contributed by atoms with E-state index in [2.05, 4.69) is 5.32 Å². The summed E-state index contributed by atoms with van der Waals surface area (Å²) in [6.07, 6.45) is 1.15. The highest BCUT2D eigenvalue weighted by atomic mass is 19.1. The third kappa shape index (κ3) is 8.06. The Labute approximate surface area is 208 Å². The molecule has 0 fully saturated rings. The summed E-state index contributed by atoms with van der Waals surface area (Å²) in [5, 5.41) is 2.99. The number of halogens is 1. The van der Waals surface area contributed by atoms with E-state index in [4.69, 9.17) is 0 Å². The van der Waals surface area contributed by atoms with Gasteiger partial charge in [0.2, 0.25) is 11.8 Å². The van der Waals surface area contributed by atoms with Crippen molar-refractivity contribution < 1.29 is 14.0 Å². The van der Waals surface area contributed by atoms with Crippen LogP contribution in [0.15, 0.2) is 78.9 Å². The average molecular weight is 475 g/mol. The van der Waals surface area contributed by atoms with Crippen molar-refractivity contribution in [1.82, 2.24) is 10.2 Å². The minimum atomic E-state index is -0.749. The highest BCUT2D eigenvalue weighted by Gasteiger charge is 2.30. The van der Waals surface area contributed by atoms with E-state index in [1.807, 2.05) is 75.4 Å². The number of carbonyl (C=O) groups is 2. The number of benzene rings is 3. The van der Waals surface area contributed by atoms with E-state index < -0.39 is 6.04 Å². The molecule has 0 saturated carbocycles. The highest BCUT2D eigenvalue weighted by Crippen LogP contribution is 2.19. The molecule has 0 heterocycles. The first kappa shape index (κ1) is 26.1. The van der Waals surface area contributed by atoms with Gasteiger partial charge in [0.05, 0.1) is 0 Å². The molecule has 184 valence electrons. The van der Waals surface area contributed by atoms with Crippen LogP contribution < -0.4 is 5.32 Å². The molecule has 0 radical (unpaired) electrons. The van der Waals surface area contributed by atoms with E-state index in [1.165, 1.54) is 6.07 Å². The maximum atomic E-state index is 14.6. The number of nitrogens with one attached hydrogen (secondary N) is 1. The van der Waals surface area contributed by atoms with Crippen LogP contribution >= 0.6 is 0 Å². The maximum absolute atomic E-state index is 14.6. The summed E-state index contributed by atoms with van der Waals surface area (Å²) >= 11 is 0. The molecule has 1 N–H and O–H groups in total. The van der Waals surface area contributed by atoms with Gasteiger partial charge in [-0.05, 0) is 36.5 Å². The molecule has 35 heavy (non-hydrogen) atoms. The summed E-state index contributed by atoms with van der Waals surface area (Å²) < 4.78 is 14.6. The molecule has 3 aromatic rings. The Balaban J connectivity index is 1.90. The van der Waals surface area contributed by atoms with Crippen LogP contribution in [0.2, 0.25) is 0 Å². The largest absolute Gasteiger partial charge is 0.354 e. The highest BCUT2D eigenvalue weighted by molar-refractivity contribution is 5.88. The molecule has 1 atom stereocenters. The van der Waals surface area contributed by atoms with E-state index >= 15 is 0 Å². The zero-order chi connectivity index (χ0) is 25.2. The standard InChI is InChI=1S/C30H35FN2O2/c1-22(2)20-32-30(35)28(19-25-9-5-4-6-10-25)33(21-26-11-7-8-12-27(26)31)29(34)18-17-24-15-13-23(3)14-16-24/h4-16,22,28H,17-21H2,1-3H3,(H,32,35). The first-order valence-corrected chi connectivity index (χ1v) is 12.2. The smallest absolute Gasteiger partial charge is 0.243 e. The molecule has 0 aromatic heterocycles. The van der Waals surface area contributed by atoms with Crippen LogP contribution in [0.3, 0.4) is 0 Å². The lowest BCUT2D eigenvalue weighted by atomic mass is 10.0. The topological polar surface area (TPSA) is 49.4 Å². The first-order valence-electron chi connectivity index (χ1n) is 12.2. The van der Waals surface area contributed by atoms with Crippen molar-refractivity contribution in [1.29, 1.82) is 0 Å². The number of hydrogen-bond donors (Lipinski definition) is 1. The van der Waals surface area contributed by atoms with E-state index in [0.717, 1.165) is 16.7 Å². The van der Waals surface area contributed by atoms with Crippen LogP contribution in [-0.2, 0) is 29.0 Å². The van der Waals surface area contributed by atoms with Crippen LogP contribution in [0, 0.1) is 18.7 Å². The van der Waals surface area contributed by atoms with Gasteiger partial charge in [0.1, 0.15) is 11.9 Å². The van der Waals surface area contributed by atoms with Crippen molar-refractivity contribution in [3.05, 3.63) is 107 Å². The number of nitrogens with zero attached hydrogens (tertiary/aromatic N) is 1. The Morgan fingerprint density at radius 1 is 0.886 bits per heavy atom. The van der Waals surface area contributed by atoms with Gasteiger partial charge in [-0.1, -0.05) is 92.2 Å². The van der Waals surface area contributed by atoms with Crippen molar-refractivity contribution in [3.63, 3.8) is 0 Å². The SMILES string of the molecule is Cc1ccc(CCC(=O)N(Cc2ccccc2F)C(Cc2ccccc2)C(=O)NCC(C)C)cc1.